The molecule has 1 unspecified atom stereocenters. The molecule has 1 aromatic heterocycles. The molecule has 1 heterocycles. The summed E-state index contributed by atoms with van der Waals surface area (Å²) in [6, 6.07) is 9.36. The SMILES string of the molecule is Cc1onc(-c2c(F)cccc2Cl)c1C(=O)NCC(O)c1ccc([N+](=O)[O-])cc1. The summed E-state index contributed by atoms with van der Waals surface area (Å²) in [5, 5.41) is 27.3. The van der Waals surface area contributed by atoms with Crippen LogP contribution in [0.25, 0.3) is 11.3 Å². The zero-order chi connectivity index (χ0) is 21.1. The van der Waals surface area contributed by atoms with Gasteiger partial charge in [0.25, 0.3) is 11.6 Å². The van der Waals surface area contributed by atoms with E-state index in [0.29, 0.717) is 5.56 Å². The fourth-order valence-corrected chi connectivity index (χ4v) is 3.00. The van der Waals surface area contributed by atoms with Gasteiger partial charge in [-0.3, -0.25) is 14.9 Å². The molecule has 3 rings (SSSR count). The van der Waals surface area contributed by atoms with Gasteiger partial charge in [0.05, 0.1) is 21.6 Å². The van der Waals surface area contributed by atoms with Crippen molar-refractivity contribution in [2.45, 2.75) is 13.0 Å². The fraction of sp³-hybridized carbons (Fsp3) is 0.158. The Kier molecular flexibility index (Phi) is 5.90. The predicted molar refractivity (Wildman–Crippen MR) is 102 cm³/mol. The van der Waals surface area contributed by atoms with Crippen LogP contribution in [0.5, 0.6) is 0 Å². The Morgan fingerprint density at radius 2 is 2.03 bits per heavy atom. The van der Waals surface area contributed by atoms with Gasteiger partial charge in [-0.15, -0.1) is 0 Å². The zero-order valence-electron chi connectivity index (χ0n) is 15.1. The molecule has 2 aromatic carbocycles. The first kappa shape index (κ1) is 20.4. The Labute approximate surface area is 169 Å². The van der Waals surface area contributed by atoms with Crippen molar-refractivity contribution in [2.75, 3.05) is 6.54 Å². The average Bonchev–Trinajstić information content (AvgIpc) is 3.07. The van der Waals surface area contributed by atoms with Crippen LogP contribution in [-0.4, -0.2) is 27.6 Å². The van der Waals surface area contributed by atoms with Crippen LogP contribution < -0.4 is 5.32 Å². The Balaban J connectivity index is 1.78. The third-order valence-electron chi connectivity index (χ3n) is 4.23. The number of nitro groups is 1. The van der Waals surface area contributed by atoms with Crippen LogP contribution in [0.4, 0.5) is 10.1 Å². The van der Waals surface area contributed by atoms with E-state index in [4.69, 9.17) is 16.1 Å². The molecule has 1 atom stereocenters. The summed E-state index contributed by atoms with van der Waals surface area (Å²) in [5.74, 6) is -1.15. The highest BCUT2D eigenvalue weighted by molar-refractivity contribution is 6.33. The summed E-state index contributed by atoms with van der Waals surface area (Å²) in [7, 11) is 0. The molecule has 0 radical (unpaired) electrons. The summed E-state index contributed by atoms with van der Waals surface area (Å²) in [6.45, 7) is 1.30. The molecule has 3 aromatic rings. The molecule has 2 N–H and O–H groups in total. The number of hydrogen-bond donors (Lipinski definition) is 2. The van der Waals surface area contributed by atoms with Crippen LogP contribution in [0.1, 0.15) is 27.8 Å². The lowest BCUT2D eigenvalue weighted by atomic mass is 10.0. The monoisotopic (exact) mass is 419 g/mol. The largest absolute Gasteiger partial charge is 0.387 e. The number of aliphatic hydroxyl groups is 1. The number of nitrogens with zero attached hydrogens (tertiary/aromatic N) is 2. The highest BCUT2D eigenvalue weighted by Gasteiger charge is 2.25. The highest BCUT2D eigenvalue weighted by Crippen LogP contribution is 2.33. The van der Waals surface area contributed by atoms with E-state index in [-0.39, 0.29) is 39.8 Å². The molecule has 0 aliphatic carbocycles. The second kappa shape index (κ2) is 8.38. The Hall–Kier alpha value is -3.30. The van der Waals surface area contributed by atoms with Crippen LogP contribution in [0.2, 0.25) is 5.02 Å². The minimum Gasteiger partial charge on any atom is -0.387 e. The maximum atomic E-state index is 14.2. The highest BCUT2D eigenvalue weighted by atomic mass is 35.5. The van der Waals surface area contributed by atoms with Crippen LogP contribution in [0.3, 0.4) is 0 Å². The van der Waals surface area contributed by atoms with Gasteiger partial charge in [0, 0.05) is 18.7 Å². The second-order valence-electron chi connectivity index (χ2n) is 6.13. The van der Waals surface area contributed by atoms with E-state index in [2.05, 4.69) is 10.5 Å². The maximum Gasteiger partial charge on any atom is 0.269 e. The molecule has 150 valence electrons. The predicted octanol–water partition coefficient (Wildman–Crippen LogP) is 3.81. The van der Waals surface area contributed by atoms with Crippen molar-refractivity contribution in [1.82, 2.24) is 10.5 Å². The summed E-state index contributed by atoms with van der Waals surface area (Å²) >= 11 is 6.05. The average molecular weight is 420 g/mol. The number of aromatic nitrogens is 1. The number of aryl methyl sites for hydroxylation is 1. The molecule has 0 saturated heterocycles. The lowest BCUT2D eigenvalue weighted by molar-refractivity contribution is -0.384. The first-order chi connectivity index (χ1) is 13.8. The number of nitrogens with one attached hydrogen (secondary N) is 1. The van der Waals surface area contributed by atoms with Gasteiger partial charge in [0.1, 0.15) is 22.8 Å². The number of rotatable bonds is 6. The van der Waals surface area contributed by atoms with Crippen LogP contribution in [0.15, 0.2) is 47.0 Å². The number of nitro benzene ring substituents is 1. The first-order valence-corrected chi connectivity index (χ1v) is 8.78. The molecule has 0 aliphatic rings. The van der Waals surface area contributed by atoms with Crippen molar-refractivity contribution < 1.29 is 23.7 Å². The van der Waals surface area contributed by atoms with Crippen molar-refractivity contribution in [3.8, 4) is 11.3 Å². The number of halogens is 2. The van der Waals surface area contributed by atoms with E-state index in [9.17, 15) is 24.4 Å². The lowest BCUT2D eigenvalue weighted by Crippen LogP contribution is -2.29. The van der Waals surface area contributed by atoms with Gasteiger partial charge in [-0.25, -0.2) is 4.39 Å². The van der Waals surface area contributed by atoms with Crippen LogP contribution in [-0.2, 0) is 0 Å². The van der Waals surface area contributed by atoms with Crippen molar-refractivity contribution in [2.24, 2.45) is 0 Å². The van der Waals surface area contributed by atoms with Gasteiger partial charge in [-0.1, -0.05) is 22.8 Å². The Bertz CT molecular complexity index is 1050. The Morgan fingerprint density at radius 1 is 1.34 bits per heavy atom. The normalized spacial score (nSPS) is 11.9. The zero-order valence-corrected chi connectivity index (χ0v) is 15.8. The number of aliphatic hydroxyl groups excluding tert-OH is 1. The minimum atomic E-state index is -1.11. The van der Waals surface area contributed by atoms with Crippen molar-refractivity contribution >= 4 is 23.2 Å². The Morgan fingerprint density at radius 3 is 2.66 bits per heavy atom. The number of carbonyl (C=O) groups is 1. The molecule has 0 bridgehead atoms. The third-order valence-corrected chi connectivity index (χ3v) is 4.55. The molecule has 8 nitrogen and oxygen atoms in total. The number of benzene rings is 2. The summed E-state index contributed by atoms with van der Waals surface area (Å²) in [6.07, 6.45) is -1.11. The third kappa shape index (κ3) is 4.25. The number of amides is 1. The molecular weight excluding hydrogens is 405 g/mol. The molecule has 29 heavy (non-hydrogen) atoms. The minimum absolute atomic E-state index is 0.00657. The van der Waals surface area contributed by atoms with E-state index < -0.39 is 22.8 Å². The standard InChI is InChI=1S/C19H15ClFN3O5/c1-10-16(18(23-29-10)17-13(20)3-2-4-14(17)21)19(26)22-9-15(25)11-5-7-12(8-6-11)24(27)28/h2-8,15,25H,9H2,1H3,(H,22,26). The van der Waals surface area contributed by atoms with Gasteiger partial charge < -0.3 is 14.9 Å². The smallest absolute Gasteiger partial charge is 0.269 e. The van der Waals surface area contributed by atoms with Gasteiger partial charge in [0.15, 0.2) is 0 Å². The quantitative estimate of drug-likeness (QED) is 0.463. The van der Waals surface area contributed by atoms with E-state index >= 15 is 0 Å². The molecular formula is C19H15ClFN3O5. The van der Waals surface area contributed by atoms with E-state index in [1.54, 1.807) is 0 Å². The van der Waals surface area contributed by atoms with E-state index in [0.717, 1.165) is 0 Å². The number of carbonyl (C=O) groups excluding carboxylic acids is 1. The van der Waals surface area contributed by atoms with Crippen LogP contribution in [0, 0.1) is 22.9 Å². The lowest BCUT2D eigenvalue weighted by Gasteiger charge is -2.12. The molecule has 1 amide bonds. The van der Waals surface area contributed by atoms with Gasteiger partial charge in [0.2, 0.25) is 0 Å². The van der Waals surface area contributed by atoms with Gasteiger partial charge in [-0.05, 0) is 36.8 Å². The topological polar surface area (TPSA) is 118 Å². The van der Waals surface area contributed by atoms with E-state index in [1.807, 2.05) is 0 Å². The first-order valence-electron chi connectivity index (χ1n) is 8.41. The number of hydrogen-bond acceptors (Lipinski definition) is 6. The van der Waals surface area contributed by atoms with Crippen molar-refractivity contribution in [1.29, 1.82) is 0 Å². The van der Waals surface area contributed by atoms with Crippen LogP contribution >= 0.6 is 11.6 Å². The van der Waals surface area contributed by atoms with Gasteiger partial charge >= 0.3 is 0 Å². The summed E-state index contributed by atoms with van der Waals surface area (Å²) in [5.41, 5.74) is 0.153. The van der Waals surface area contributed by atoms with E-state index in [1.165, 1.54) is 49.4 Å². The molecule has 0 spiro atoms. The van der Waals surface area contributed by atoms with Crippen molar-refractivity contribution in [3.63, 3.8) is 0 Å². The second-order valence-corrected chi connectivity index (χ2v) is 6.54. The molecule has 0 saturated carbocycles. The number of non-ortho nitro benzene ring substituents is 1. The molecule has 10 heteroatoms. The summed E-state index contributed by atoms with van der Waals surface area (Å²) in [4.78, 5) is 22.8. The maximum absolute atomic E-state index is 14.2. The van der Waals surface area contributed by atoms with Gasteiger partial charge in [-0.2, -0.15) is 0 Å². The molecule has 0 fully saturated rings. The summed E-state index contributed by atoms with van der Waals surface area (Å²) < 4.78 is 19.3. The molecule has 0 aliphatic heterocycles. The fourth-order valence-electron chi connectivity index (χ4n) is 2.75. The van der Waals surface area contributed by atoms with Crippen molar-refractivity contribution in [3.05, 3.63) is 80.3 Å².